The molecule has 2 rings (SSSR count). The molecule has 0 atom stereocenters. The zero-order chi connectivity index (χ0) is 9.26. The van der Waals surface area contributed by atoms with Gasteiger partial charge in [-0.3, -0.25) is 0 Å². The van der Waals surface area contributed by atoms with Gasteiger partial charge in [0.2, 0.25) is 5.88 Å². The highest BCUT2D eigenvalue weighted by molar-refractivity contribution is 5.37. The highest BCUT2D eigenvalue weighted by Gasteiger charge is 2.02. The molecule has 0 saturated heterocycles. The summed E-state index contributed by atoms with van der Waals surface area (Å²) in [5.74, 6) is 1.36. The van der Waals surface area contributed by atoms with Crippen LogP contribution in [-0.2, 0) is 0 Å². The summed E-state index contributed by atoms with van der Waals surface area (Å²) in [6, 6.07) is 3.62. The Hall–Kier alpha value is -1.65. The first-order chi connectivity index (χ1) is 6.31. The summed E-state index contributed by atoms with van der Waals surface area (Å²) in [5, 5.41) is 12.0. The Bertz CT molecular complexity index is 423. The Labute approximate surface area is 75.4 Å². The van der Waals surface area contributed by atoms with Crippen LogP contribution in [0.15, 0.2) is 12.1 Å². The molecule has 0 radical (unpaired) electrons. The Morgan fingerprint density at radius 3 is 3.00 bits per heavy atom. The summed E-state index contributed by atoms with van der Waals surface area (Å²) in [7, 11) is 0. The summed E-state index contributed by atoms with van der Waals surface area (Å²) >= 11 is 0. The van der Waals surface area contributed by atoms with E-state index in [1.165, 1.54) is 0 Å². The predicted molar refractivity (Wildman–Crippen MR) is 46.7 cm³/mol. The van der Waals surface area contributed by atoms with E-state index in [4.69, 9.17) is 4.74 Å². The van der Waals surface area contributed by atoms with Gasteiger partial charge in [-0.1, -0.05) is 0 Å². The number of ether oxygens (including phenoxy) is 1. The van der Waals surface area contributed by atoms with Crippen molar-refractivity contribution in [3.63, 3.8) is 0 Å². The number of nitrogens with zero attached hydrogens (tertiary/aromatic N) is 4. The molecule has 0 fully saturated rings. The van der Waals surface area contributed by atoms with E-state index >= 15 is 0 Å². The van der Waals surface area contributed by atoms with E-state index in [9.17, 15) is 0 Å². The molecule has 0 unspecified atom stereocenters. The minimum Gasteiger partial charge on any atom is -0.477 e. The van der Waals surface area contributed by atoms with Crippen molar-refractivity contribution in [1.82, 2.24) is 19.8 Å². The fraction of sp³-hybridized carbons (Fsp3) is 0.375. The molecule has 0 aliphatic heterocycles. The normalized spacial score (nSPS) is 10.6. The third-order valence-corrected chi connectivity index (χ3v) is 1.69. The van der Waals surface area contributed by atoms with Crippen LogP contribution in [0.4, 0.5) is 0 Å². The maximum Gasteiger partial charge on any atom is 0.231 e. The van der Waals surface area contributed by atoms with Crippen LogP contribution in [0.1, 0.15) is 12.7 Å². The minimum absolute atomic E-state index is 0.595. The molecule has 0 aliphatic carbocycles. The molecule has 0 N–H and O–H groups in total. The molecule has 13 heavy (non-hydrogen) atoms. The Kier molecular flexibility index (Phi) is 1.84. The molecule has 2 aromatic rings. The zero-order valence-corrected chi connectivity index (χ0v) is 7.56. The van der Waals surface area contributed by atoms with Crippen LogP contribution >= 0.6 is 0 Å². The highest BCUT2D eigenvalue weighted by Crippen LogP contribution is 2.08. The third-order valence-electron chi connectivity index (χ3n) is 1.69. The first-order valence-corrected chi connectivity index (χ1v) is 4.13. The maximum atomic E-state index is 5.25. The van der Waals surface area contributed by atoms with Gasteiger partial charge in [0, 0.05) is 6.07 Å². The van der Waals surface area contributed by atoms with Crippen molar-refractivity contribution in [2.75, 3.05) is 6.61 Å². The molecule has 0 spiro atoms. The average molecular weight is 178 g/mol. The van der Waals surface area contributed by atoms with Gasteiger partial charge in [-0.15, -0.1) is 15.3 Å². The van der Waals surface area contributed by atoms with Crippen LogP contribution in [-0.4, -0.2) is 26.4 Å². The first kappa shape index (κ1) is 7.97. The Balaban J connectivity index is 2.53. The number of aryl methyl sites for hydroxylation is 1. The lowest BCUT2D eigenvalue weighted by Crippen LogP contribution is -2.00. The smallest absolute Gasteiger partial charge is 0.231 e. The van der Waals surface area contributed by atoms with Crippen LogP contribution in [0.2, 0.25) is 0 Å². The second kappa shape index (κ2) is 3.01. The topological polar surface area (TPSA) is 52.3 Å². The minimum atomic E-state index is 0.595. The molecule has 2 aromatic heterocycles. The fourth-order valence-electron chi connectivity index (χ4n) is 1.10. The first-order valence-electron chi connectivity index (χ1n) is 4.13. The molecule has 0 aliphatic rings. The van der Waals surface area contributed by atoms with Crippen molar-refractivity contribution in [3.8, 4) is 5.88 Å². The van der Waals surface area contributed by atoms with Crippen molar-refractivity contribution in [1.29, 1.82) is 0 Å². The van der Waals surface area contributed by atoms with E-state index in [1.54, 1.807) is 10.6 Å². The van der Waals surface area contributed by atoms with E-state index < -0.39 is 0 Å². The van der Waals surface area contributed by atoms with Gasteiger partial charge in [0.05, 0.1) is 6.61 Å². The summed E-state index contributed by atoms with van der Waals surface area (Å²) in [6.45, 7) is 4.38. The average Bonchev–Trinajstić information content (AvgIpc) is 2.49. The van der Waals surface area contributed by atoms with Crippen molar-refractivity contribution >= 4 is 5.65 Å². The molecule has 0 bridgehead atoms. The number of fused-ring (bicyclic) bond motifs is 1. The molecule has 2 heterocycles. The van der Waals surface area contributed by atoms with E-state index in [0.29, 0.717) is 12.5 Å². The van der Waals surface area contributed by atoms with Crippen molar-refractivity contribution in [3.05, 3.63) is 18.0 Å². The van der Waals surface area contributed by atoms with Gasteiger partial charge in [0.1, 0.15) is 0 Å². The molecule has 0 aromatic carbocycles. The van der Waals surface area contributed by atoms with E-state index in [0.717, 1.165) is 11.5 Å². The van der Waals surface area contributed by atoms with Gasteiger partial charge in [0.15, 0.2) is 11.5 Å². The number of aromatic nitrogens is 4. The molecular weight excluding hydrogens is 168 g/mol. The number of hydrogen-bond acceptors (Lipinski definition) is 4. The maximum absolute atomic E-state index is 5.25. The standard InChI is InChI=1S/C8H10N4O/c1-3-13-8-5-4-7-10-9-6(2)12(7)11-8/h4-5H,3H2,1-2H3. The van der Waals surface area contributed by atoms with Gasteiger partial charge in [-0.25, -0.2) is 0 Å². The summed E-state index contributed by atoms with van der Waals surface area (Å²) < 4.78 is 6.91. The van der Waals surface area contributed by atoms with Gasteiger partial charge >= 0.3 is 0 Å². The van der Waals surface area contributed by atoms with Gasteiger partial charge in [-0.05, 0) is 19.9 Å². The molecule has 0 saturated carbocycles. The number of hydrogen-bond donors (Lipinski definition) is 0. The lowest BCUT2D eigenvalue weighted by molar-refractivity contribution is 0.321. The van der Waals surface area contributed by atoms with Crippen LogP contribution < -0.4 is 4.74 Å². The Morgan fingerprint density at radius 2 is 2.23 bits per heavy atom. The molecule has 5 heteroatoms. The molecule has 5 nitrogen and oxygen atoms in total. The fourth-order valence-corrected chi connectivity index (χ4v) is 1.10. The van der Waals surface area contributed by atoms with Crippen LogP contribution in [0, 0.1) is 6.92 Å². The van der Waals surface area contributed by atoms with E-state index in [1.807, 2.05) is 19.9 Å². The van der Waals surface area contributed by atoms with Gasteiger partial charge in [-0.2, -0.15) is 4.52 Å². The van der Waals surface area contributed by atoms with E-state index in [-0.39, 0.29) is 0 Å². The van der Waals surface area contributed by atoms with Crippen LogP contribution in [0.25, 0.3) is 5.65 Å². The summed E-state index contributed by atoms with van der Waals surface area (Å²) in [4.78, 5) is 0. The van der Waals surface area contributed by atoms with Crippen LogP contribution in [0.3, 0.4) is 0 Å². The van der Waals surface area contributed by atoms with Crippen molar-refractivity contribution in [2.45, 2.75) is 13.8 Å². The lowest BCUT2D eigenvalue weighted by Gasteiger charge is -2.00. The summed E-state index contributed by atoms with van der Waals surface area (Å²) in [5.41, 5.74) is 0.737. The van der Waals surface area contributed by atoms with Crippen LogP contribution in [0.5, 0.6) is 5.88 Å². The second-order valence-electron chi connectivity index (χ2n) is 2.62. The third kappa shape index (κ3) is 1.32. The number of rotatable bonds is 2. The SMILES string of the molecule is CCOc1ccc2nnc(C)n2n1. The van der Waals surface area contributed by atoms with Gasteiger partial charge < -0.3 is 4.74 Å². The zero-order valence-electron chi connectivity index (χ0n) is 7.56. The van der Waals surface area contributed by atoms with E-state index in [2.05, 4.69) is 15.3 Å². The highest BCUT2D eigenvalue weighted by atomic mass is 16.5. The largest absolute Gasteiger partial charge is 0.477 e. The Morgan fingerprint density at radius 1 is 1.38 bits per heavy atom. The lowest BCUT2D eigenvalue weighted by atomic mass is 10.5. The molecule has 0 amide bonds. The summed E-state index contributed by atoms with van der Waals surface area (Å²) in [6.07, 6.45) is 0. The monoisotopic (exact) mass is 178 g/mol. The van der Waals surface area contributed by atoms with Crippen molar-refractivity contribution < 1.29 is 4.74 Å². The predicted octanol–water partition coefficient (Wildman–Crippen LogP) is 0.831. The molecule has 68 valence electrons. The molecular formula is C8H10N4O. The van der Waals surface area contributed by atoms with Crippen molar-refractivity contribution in [2.24, 2.45) is 0 Å². The quantitative estimate of drug-likeness (QED) is 0.683. The van der Waals surface area contributed by atoms with Gasteiger partial charge in [0.25, 0.3) is 0 Å². The second-order valence-corrected chi connectivity index (χ2v) is 2.62.